The normalized spacial score (nSPS) is 10.5. The van der Waals surface area contributed by atoms with E-state index in [1.807, 2.05) is 6.07 Å². The monoisotopic (exact) mass is 346 g/mol. The number of hydrogen-bond donors (Lipinski definition) is 1. The molecule has 17 heavy (non-hydrogen) atoms. The van der Waals surface area contributed by atoms with E-state index in [1.165, 1.54) is 34.9 Å². The molecule has 0 aliphatic rings. The van der Waals surface area contributed by atoms with Gasteiger partial charge in [0.2, 0.25) is 0 Å². The Hall–Kier alpha value is -0.450. The molecular weight excluding hydrogens is 323 g/mol. The molecule has 0 heterocycles. The second-order valence-corrected chi connectivity index (χ2v) is 5.57. The van der Waals surface area contributed by atoms with E-state index >= 15 is 0 Å². The van der Waals surface area contributed by atoms with E-state index < -0.39 is 0 Å². The van der Waals surface area contributed by atoms with Crippen LogP contribution in [-0.2, 0) is 0 Å². The predicted octanol–water partition coefficient (Wildman–Crippen LogP) is 4.28. The first-order valence-corrected chi connectivity index (χ1v) is 7.56. The number of anilines is 2. The van der Waals surface area contributed by atoms with Gasteiger partial charge in [-0.25, -0.2) is 0 Å². The highest BCUT2D eigenvalue weighted by Gasteiger charge is 2.09. The van der Waals surface area contributed by atoms with Crippen molar-refractivity contribution in [2.24, 2.45) is 0 Å². The Bertz CT molecular complexity index is 331. The average molecular weight is 346 g/mol. The maximum Gasteiger partial charge on any atom is 0.0503 e. The van der Waals surface area contributed by atoms with Crippen LogP contribution in [0.15, 0.2) is 18.2 Å². The van der Waals surface area contributed by atoms with E-state index in [0.29, 0.717) is 0 Å². The first-order valence-electron chi connectivity index (χ1n) is 6.49. The van der Waals surface area contributed by atoms with Gasteiger partial charge in [0, 0.05) is 22.3 Å². The molecule has 1 rings (SSSR count). The van der Waals surface area contributed by atoms with Crippen LogP contribution in [-0.4, -0.2) is 13.1 Å². The lowest BCUT2D eigenvalue weighted by molar-refractivity contribution is 0.677. The molecule has 0 saturated heterocycles. The topological polar surface area (TPSA) is 29.3 Å². The minimum Gasteiger partial charge on any atom is -0.399 e. The lowest BCUT2D eigenvalue weighted by atomic mass is 10.2. The molecule has 1 aromatic rings. The molecule has 0 unspecified atom stereocenters. The van der Waals surface area contributed by atoms with E-state index in [4.69, 9.17) is 5.73 Å². The minimum atomic E-state index is 0.851. The van der Waals surface area contributed by atoms with Gasteiger partial charge >= 0.3 is 0 Å². The summed E-state index contributed by atoms with van der Waals surface area (Å²) in [5.41, 5.74) is 7.99. The van der Waals surface area contributed by atoms with Gasteiger partial charge in [-0.2, -0.15) is 0 Å². The van der Waals surface area contributed by atoms with Crippen LogP contribution in [0.1, 0.15) is 39.5 Å². The third-order valence-corrected chi connectivity index (χ3v) is 3.74. The second-order valence-electron chi connectivity index (χ2n) is 4.41. The Balaban J connectivity index is 2.79. The van der Waals surface area contributed by atoms with Crippen LogP contribution in [0.5, 0.6) is 0 Å². The first kappa shape index (κ1) is 14.6. The fourth-order valence-corrected chi connectivity index (χ4v) is 2.71. The maximum atomic E-state index is 5.80. The van der Waals surface area contributed by atoms with Crippen molar-refractivity contribution in [3.63, 3.8) is 0 Å². The Morgan fingerprint density at radius 1 is 1.12 bits per heavy atom. The summed E-state index contributed by atoms with van der Waals surface area (Å²) >= 11 is 2.38. The minimum absolute atomic E-state index is 0.851. The molecule has 0 bridgehead atoms. The average Bonchev–Trinajstić information content (AvgIpc) is 2.30. The summed E-state index contributed by atoms with van der Waals surface area (Å²) in [6.45, 7) is 6.78. The van der Waals surface area contributed by atoms with Crippen LogP contribution < -0.4 is 10.6 Å². The summed E-state index contributed by atoms with van der Waals surface area (Å²) in [6.07, 6.45) is 5.00. The van der Waals surface area contributed by atoms with Crippen molar-refractivity contribution >= 4 is 34.0 Å². The molecule has 0 aliphatic carbocycles. The van der Waals surface area contributed by atoms with Crippen molar-refractivity contribution in [3.8, 4) is 0 Å². The summed E-state index contributed by atoms with van der Waals surface area (Å²) in [4.78, 5) is 2.49. The van der Waals surface area contributed by atoms with Gasteiger partial charge in [-0.15, -0.1) is 0 Å². The number of benzene rings is 1. The molecule has 0 radical (unpaired) electrons. The third kappa shape index (κ3) is 4.74. The summed E-state index contributed by atoms with van der Waals surface area (Å²) in [5, 5.41) is 0. The quantitative estimate of drug-likeness (QED) is 0.590. The van der Waals surface area contributed by atoms with E-state index in [2.05, 4.69) is 53.5 Å². The zero-order chi connectivity index (χ0) is 12.7. The molecule has 0 spiro atoms. The summed E-state index contributed by atoms with van der Waals surface area (Å²) in [7, 11) is 0. The van der Waals surface area contributed by atoms with Gasteiger partial charge in [-0.1, -0.05) is 26.7 Å². The van der Waals surface area contributed by atoms with E-state index in [-0.39, 0.29) is 0 Å². The summed E-state index contributed by atoms with van der Waals surface area (Å²) < 4.78 is 1.26. The molecule has 0 atom stereocenters. The van der Waals surface area contributed by atoms with Crippen molar-refractivity contribution in [2.45, 2.75) is 39.5 Å². The first-order chi connectivity index (χ1) is 8.19. The van der Waals surface area contributed by atoms with Gasteiger partial charge in [-0.3, -0.25) is 0 Å². The Morgan fingerprint density at radius 2 is 1.71 bits per heavy atom. The van der Waals surface area contributed by atoms with Gasteiger partial charge in [-0.05, 0) is 53.6 Å². The van der Waals surface area contributed by atoms with Gasteiger partial charge in [0.05, 0.1) is 5.69 Å². The number of nitrogen functional groups attached to an aromatic ring is 1. The van der Waals surface area contributed by atoms with Crippen LogP contribution in [0.2, 0.25) is 0 Å². The van der Waals surface area contributed by atoms with Crippen LogP contribution >= 0.6 is 22.6 Å². The zero-order valence-corrected chi connectivity index (χ0v) is 13.0. The standard InChI is InChI=1S/C14H23IN2/c1-3-5-9-17(10-6-4-2)14-8-7-12(16)11-13(14)15/h7-8,11H,3-6,9-10,16H2,1-2H3. The zero-order valence-electron chi connectivity index (χ0n) is 10.9. The molecule has 2 N–H and O–H groups in total. The highest BCUT2D eigenvalue weighted by atomic mass is 127. The van der Waals surface area contributed by atoms with Gasteiger partial charge in [0.1, 0.15) is 0 Å². The Morgan fingerprint density at radius 3 is 2.18 bits per heavy atom. The SMILES string of the molecule is CCCCN(CCCC)c1ccc(N)cc1I. The van der Waals surface area contributed by atoms with Crippen LogP contribution in [0.4, 0.5) is 11.4 Å². The van der Waals surface area contributed by atoms with Gasteiger partial charge in [0.25, 0.3) is 0 Å². The van der Waals surface area contributed by atoms with Gasteiger partial charge in [0.15, 0.2) is 0 Å². The number of nitrogens with zero attached hydrogens (tertiary/aromatic N) is 1. The van der Waals surface area contributed by atoms with Crippen molar-refractivity contribution in [2.75, 3.05) is 23.7 Å². The lowest BCUT2D eigenvalue weighted by Crippen LogP contribution is -2.26. The molecule has 0 saturated carbocycles. The Labute approximate surface area is 119 Å². The molecule has 0 fully saturated rings. The lowest BCUT2D eigenvalue weighted by Gasteiger charge is -2.26. The molecular formula is C14H23IN2. The molecule has 3 heteroatoms. The van der Waals surface area contributed by atoms with E-state index in [9.17, 15) is 0 Å². The summed E-state index contributed by atoms with van der Waals surface area (Å²) in [5.74, 6) is 0. The highest BCUT2D eigenvalue weighted by molar-refractivity contribution is 14.1. The fourth-order valence-electron chi connectivity index (χ4n) is 1.83. The van der Waals surface area contributed by atoms with Gasteiger partial charge < -0.3 is 10.6 Å². The van der Waals surface area contributed by atoms with Crippen LogP contribution in [0.3, 0.4) is 0 Å². The molecule has 0 aromatic heterocycles. The van der Waals surface area contributed by atoms with Crippen molar-refractivity contribution in [1.82, 2.24) is 0 Å². The van der Waals surface area contributed by atoms with Crippen molar-refractivity contribution < 1.29 is 0 Å². The molecule has 0 amide bonds. The predicted molar refractivity (Wildman–Crippen MR) is 85.6 cm³/mol. The highest BCUT2D eigenvalue weighted by Crippen LogP contribution is 2.25. The number of nitrogens with two attached hydrogens (primary N) is 1. The largest absolute Gasteiger partial charge is 0.399 e. The molecule has 2 nitrogen and oxygen atoms in total. The number of halogens is 1. The molecule has 0 aliphatic heterocycles. The fraction of sp³-hybridized carbons (Fsp3) is 0.571. The summed E-state index contributed by atoms with van der Waals surface area (Å²) in [6, 6.07) is 6.21. The van der Waals surface area contributed by atoms with E-state index in [1.54, 1.807) is 0 Å². The molecule has 96 valence electrons. The Kier molecular flexibility index (Phi) is 6.70. The van der Waals surface area contributed by atoms with Crippen LogP contribution in [0.25, 0.3) is 0 Å². The van der Waals surface area contributed by atoms with Crippen LogP contribution in [0, 0.1) is 3.57 Å². The third-order valence-electron chi connectivity index (χ3n) is 2.88. The number of hydrogen-bond acceptors (Lipinski definition) is 2. The second kappa shape index (κ2) is 7.80. The van der Waals surface area contributed by atoms with Crippen molar-refractivity contribution in [3.05, 3.63) is 21.8 Å². The molecule has 1 aromatic carbocycles. The number of unbranched alkanes of at least 4 members (excludes halogenated alkanes) is 2. The van der Waals surface area contributed by atoms with E-state index in [0.717, 1.165) is 18.8 Å². The number of rotatable bonds is 7. The smallest absolute Gasteiger partial charge is 0.0503 e. The van der Waals surface area contributed by atoms with Crippen molar-refractivity contribution in [1.29, 1.82) is 0 Å². The maximum absolute atomic E-state index is 5.80.